The van der Waals surface area contributed by atoms with Gasteiger partial charge in [0.2, 0.25) is 0 Å². The van der Waals surface area contributed by atoms with E-state index in [9.17, 15) is 9.59 Å². The van der Waals surface area contributed by atoms with Crippen molar-refractivity contribution in [1.82, 2.24) is 5.32 Å². The van der Waals surface area contributed by atoms with Crippen LogP contribution in [0.2, 0.25) is 0 Å². The maximum absolute atomic E-state index is 10.9. The molecule has 1 aromatic rings. The zero-order valence-corrected chi connectivity index (χ0v) is 8.99. The average Bonchev–Trinajstić information content (AvgIpc) is 2.65. The van der Waals surface area contributed by atoms with Crippen LogP contribution in [-0.2, 0) is 4.74 Å². The van der Waals surface area contributed by atoms with E-state index in [-0.39, 0.29) is 30.6 Å². The van der Waals surface area contributed by atoms with E-state index in [1.54, 1.807) is 18.2 Å². The zero-order valence-electron chi connectivity index (χ0n) is 8.17. The Kier molecular flexibility index (Phi) is 3.73. The minimum Gasteiger partial charge on any atom is -0.478 e. The quantitative estimate of drug-likeness (QED) is 0.827. The standard InChI is InChI=1S/C10H9NO4.ClH/c12-9(13)7-4-2-1-3-6(7)8-5-15-10(14)11-8;/h1-4,8H,5H2,(H,11,14)(H,12,13);1H/t8-;/m0./s1. The molecule has 0 aliphatic carbocycles. The summed E-state index contributed by atoms with van der Waals surface area (Å²) in [4.78, 5) is 21.7. The smallest absolute Gasteiger partial charge is 0.407 e. The molecule has 6 heteroatoms. The molecular formula is C10H10ClNO4. The van der Waals surface area contributed by atoms with Crippen molar-refractivity contribution in [2.45, 2.75) is 6.04 Å². The van der Waals surface area contributed by atoms with Crippen LogP contribution >= 0.6 is 12.4 Å². The number of halogens is 1. The van der Waals surface area contributed by atoms with E-state index >= 15 is 0 Å². The fraction of sp³-hybridized carbons (Fsp3) is 0.200. The first-order chi connectivity index (χ1) is 7.18. The maximum Gasteiger partial charge on any atom is 0.407 e. The summed E-state index contributed by atoms with van der Waals surface area (Å²) in [7, 11) is 0. The number of hydrogen-bond donors (Lipinski definition) is 2. The lowest BCUT2D eigenvalue weighted by Gasteiger charge is -2.10. The molecule has 0 spiro atoms. The molecule has 1 heterocycles. The van der Waals surface area contributed by atoms with Gasteiger partial charge in [0.15, 0.2) is 0 Å². The van der Waals surface area contributed by atoms with E-state index in [2.05, 4.69) is 5.32 Å². The third-order valence-corrected chi connectivity index (χ3v) is 2.24. The largest absolute Gasteiger partial charge is 0.478 e. The summed E-state index contributed by atoms with van der Waals surface area (Å²) in [6, 6.07) is 6.17. The van der Waals surface area contributed by atoms with E-state index in [1.807, 2.05) is 0 Å². The van der Waals surface area contributed by atoms with E-state index in [0.717, 1.165) is 0 Å². The molecule has 16 heavy (non-hydrogen) atoms. The first-order valence-electron chi connectivity index (χ1n) is 4.44. The number of ether oxygens (including phenoxy) is 1. The lowest BCUT2D eigenvalue weighted by Crippen LogP contribution is -2.20. The van der Waals surface area contributed by atoms with Gasteiger partial charge >= 0.3 is 12.1 Å². The summed E-state index contributed by atoms with van der Waals surface area (Å²) in [5, 5.41) is 11.5. The molecule has 1 aliphatic heterocycles. The van der Waals surface area contributed by atoms with Crippen molar-refractivity contribution in [3.05, 3.63) is 35.4 Å². The van der Waals surface area contributed by atoms with Crippen LogP contribution in [0.1, 0.15) is 22.0 Å². The fourth-order valence-electron chi connectivity index (χ4n) is 1.55. The highest BCUT2D eigenvalue weighted by Gasteiger charge is 2.26. The number of rotatable bonds is 2. The number of benzene rings is 1. The second kappa shape index (κ2) is 4.85. The Bertz CT molecular complexity index is 421. The Morgan fingerprint density at radius 2 is 2.12 bits per heavy atom. The first-order valence-corrected chi connectivity index (χ1v) is 4.44. The molecular weight excluding hydrogens is 234 g/mol. The van der Waals surface area contributed by atoms with Crippen LogP contribution < -0.4 is 5.32 Å². The monoisotopic (exact) mass is 243 g/mol. The molecule has 0 unspecified atom stereocenters. The molecule has 1 atom stereocenters. The highest BCUT2D eigenvalue weighted by Crippen LogP contribution is 2.21. The number of hydrogen-bond acceptors (Lipinski definition) is 3. The molecule has 5 nitrogen and oxygen atoms in total. The van der Waals surface area contributed by atoms with Crippen molar-refractivity contribution in [2.24, 2.45) is 0 Å². The molecule has 0 bridgehead atoms. The van der Waals surface area contributed by atoms with Gasteiger partial charge in [0.25, 0.3) is 0 Å². The van der Waals surface area contributed by atoms with Crippen LogP contribution in [0.15, 0.2) is 24.3 Å². The Hall–Kier alpha value is -1.75. The molecule has 0 saturated carbocycles. The number of cyclic esters (lactones) is 1. The van der Waals surface area contributed by atoms with Crippen molar-refractivity contribution in [3.8, 4) is 0 Å². The number of carbonyl (C=O) groups excluding carboxylic acids is 1. The lowest BCUT2D eigenvalue weighted by atomic mass is 10.0. The van der Waals surface area contributed by atoms with Gasteiger partial charge < -0.3 is 15.2 Å². The van der Waals surface area contributed by atoms with Crippen molar-refractivity contribution < 1.29 is 19.4 Å². The highest BCUT2D eigenvalue weighted by atomic mass is 35.5. The van der Waals surface area contributed by atoms with Gasteiger partial charge in [-0.3, -0.25) is 0 Å². The normalized spacial score (nSPS) is 18.2. The number of nitrogens with one attached hydrogen (secondary N) is 1. The van der Waals surface area contributed by atoms with Gasteiger partial charge in [-0.05, 0) is 11.6 Å². The highest BCUT2D eigenvalue weighted by molar-refractivity contribution is 5.90. The lowest BCUT2D eigenvalue weighted by molar-refractivity contribution is 0.0695. The number of aromatic carboxylic acids is 1. The number of carboxylic acid groups (broad SMARTS) is 1. The van der Waals surface area contributed by atoms with Gasteiger partial charge in [-0.15, -0.1) is 12.4 Å². The number of amides is 1. The van der Waals surface area contributed by atoms with E-state index < -0.39 is 12.1 Å². The van der Waals surface area contributed by atoms with Gasteiger partial charge in [0.05, 0.1) is 11.6 Å². The van der Waals surface area contributed by atoms with E-state index in [0.29, 0.717) is 5.56 Å². The number of carboxylic acids is 1. The first kappa shape index (κ1) is 12.3. The van der Waals surface area contributed by atoms with E-state index in [4.69, 9.17) is 9.84 Å². The minimum atomic E-state index is -1.01. The van der Waals surface area contributed by atoms with Crippen molar-refractivity contribution in [3.63, 3.8) is 0 Å². The summed E-state index contributed by atoms with van der Waals surface area (Å²) in [5.74, 6) is -1.01. The van der Waals surface area contributed by atoms with Gasteiger partial charge in [0.1, 0.15) is 6.61 Å². The Balaban J connectivity index is 0.00000128. The Labute approximate surface area is 97.8 Å². The average molecular weight is 244 g/mol. The second-order valence-corrected chi connectivity index (χ2v) is 3.19. The van der Waals surface area contributed by atoms with Crippen LogP contribution in [-0.4, -0.2) is 23.8 Å². The Morgan fingerprint density at radius 3 is 2.69 bits per heavy atom. The maximum atomic E-state index is 10.9. The summed E-state index contributed by atoms with van der Waals surface area (Å²) in [5.41, 5.74) is 0.754. The molecule has 1 amide bonds. The van der Waals surface area contributed by atoms with Crippen LogP contribution in [0.3, 0.4) is 0 Å². The predicted octanol–water partition coefficient (Wildman–Crippen LogP) is 1.59. The molecule has 1 aliphatic rings. The van der Waals surface area contributed by atoms with Gasteiger partial charge in [0, 0.05) is 0 Å². The fourth-order valence-corrected chi connectivity index (χ4v) is 1.55. The topological polar surface area (TPSA) is 75.6 Å². The van der Waals surface area contributed by atoms with Crippen LogP contribution in [0.4, 0.5) is 4.79 Å². The van der Waals surface area contributed by atoms with Gasteiger partial charge in [-0.1, -0.05) is 18.2 Å². The molecule has 2 rings (SSSR count). The zero-order chi connectivity index (χ0) is 10.8. The molecule has 1 aromatic carbocycles. The molecule has 0 radical (unpaired) electrons. The Morgan fingerprint density at radius 1 is 1.44 bits per heavy atom. The molecule has 1 fully saturated rings. The summed E-state index contributed by atoms with van der Waals surface area (Å²) < 4.78 is 4.71. The molecule has 1 saturated heterocycles. The summed E-state index contributed by atoms with van der Waals surface area (Å²) in [6.07, 6.45) is -0.514. The van der Waals surface area contributed by atoms with Crippen molar-refractivity contribution in [2.75, 3.05) is 6.61 Å². The third kappa shape index (κ3) is 2.25. The molecule has 86 valence electrons. The summed E-state index contributed by atoms with van der Waals surface area (Å²) in [6.45, 7) is 0.170. The van der Waals surface area contributed by atoms with Crippen molar-refractivity contribution in [1.29, 1.82) is 0 Å². The minimum absolute atomic E-state index is 0. The van der Waals surface area contributed by atoms with E-state index in [1.165, 1.54) is 6.07 Å². The van der Waals surface area contributed by atoms with Gasteiger partial charge in [-0.25, -0.2) is 9.59 Å². The predicted molar refractivity (Wildman–Crippen MR) is 57.9 cm³/mol. The van der Waals surface area contributed by atoms with Gasteiger partial charge in [-0.2, -0.15) is 0 Å². The molecule has 2 N–H and O–H groups in total. The third-order valence-electron chi connectivity index (χ3n) is 2.24. The summed E-state index contributed by atoms with van der Waals surface area (Å²) >= 11 is 0. The van der Waals surface area contributed by atoms with Crippen molar-refractivity contribution >= 4 is 24.5 Å². The number of alkyl carbamates (subject to hydrolysis) is 1. The van der Waals surface area contributed by atoms with Crippen LogP contribution in [0.25, 0.3) is 0 Å². The molecule has 0 aromatic heterocycles. The second-order valence-electron chi connectivity index (χ2n) is 3.19. The SMILES string of the molecule is Cl.O=C1N[C@H](c2ccccc2C(=O)O)CO1. The number of carbonyl (C=O) groups is 2. The van der Waals surface area contributed by atoms with Crippen LogP contribution in [0.5, 0.6) is 0 Å². The van der Waals surface area contributed by atoms with Crippen LogP contribution in [0, 0.1) is 0 Å².